The van der Waals surface area contributed by atoms with Crippen molar-refractivity contribution < 1.29 is 0 Å². The lowest BCUT2D eigenvalue weighted by Crippen LogP contribution is -1.99. The summed E-state index contributed by atoms with van der Waals surface area (Å²) in [6.07, 6.45) is 2.90. The second-order valence-corrected chi connectivity index (χ2v) is 4.61. The van der Waals surface area contributed by atoms with E-state index in [0.717, 1.165) is 23.1 Å². The standard InChI is InChI=1S/C12H14BrN3/c1-9-4-3-5-12(10(9)2)16-8-11(6-7-13)14-15-16/h3-5,8H,6-7H2,1-2H3. The minimum Gasteiger partial charge on any atom is -0.220 e. The molecule has 0 aliphatic rings. The summed E-state index contributed by atoms with van der Waals surface area (Å²) in [6, 6.07) is 6.22. The number of rotatable bonds is 3. The van der Waals surface area contributed by atoms with Crippen LogP contribution in [0.2, 0.25) is 0 Å². The van der Waals surface area contributed by atoms with Crippen molar-refractivity contribution in [3.63, 3.8) is 0 Å². The van der Waals surface area contributed by atoms with Crippen LogP contribution in [0.1, 0.15) is 16.8 Å². The Bertz CT molecular complexity index is 491. The maximum Gasteiger partial charge on any atom is 0.0840 e. The Hall–Kier alpha value is -1.16. The molecule has 3 nitrogen and oxygen atoms in total. The molecular formula is C12H14BrN3. The van der Waals surface area contributed by atoms with E-state index in [1.165, 1.54) is 11.1 Å². The number of nitrogens with zero attached hydrogens (tertiary/aromatic N) is 3. The second-order valence-electron chi connectivity index (χ2n) is 3.81. The number of benzene rings is 1. The van der Waals surface area contributed by atoms with Crippen LogP contribution in [0.4, 0.5) is 0 Å². The second kappa shape index (κ2) is 4.78. The van der Waals surface area contributed by atoms with Crippen molar-refractivity contribution in [2.24, 2.45) is 0 Å². The average Bonchev–Trinajstić information content (AvgIpc) is 2.71. The number of aryl methyl sites for hydroxylation is 2. The van der Waals surface area contributed by atoms with Crippen LogP contribution in [-0.2, 0) is 6.42 Å². The largest absolute Gasteiger partial charge is 0.220 e. The van der Waals surface area contributed by atoms with Crippen molar-refractivity contribution in [2.45, 2.75) is 20.3 Å². The van der Waals surface area contributed by atoms with Crippen molar-refractivity contribution >= 4 is 15.9 Å². The Balaban J connectivity index is 2.39. The van der Waals surface area contributed by atoms with Gasteiger partial charge in [-0.2, -0.15) is 0 Å². The van der Waals surface area contributed by atoms with Crippen molar-refractivity contribution in [2.75, 3.05) is 5.33 Å². The third kappa shape index (κ3) is 2.16. The zero-order valence-corrected chi connectivity index (χ0v) is 11.0. The van der Waals surface area contributed by atoms with Crippen molar-refractivity contribution in [3.8, 4) is 5.69 Å². The van der Waals surface area contributed by atoms with E-state index < -0.39 is 0 Å². The van der Waals surface area contributed by atoms with Gasteiger partial charge in [0.1, 0.15) is 0 Å². The third-order valence-electron chi connectivity index (χ3n) is 2.71. The smallest absolute Gasteiger partial charge is 0.0840 e. The fourth-order valence-corrected chi connectivity index (χ4v) is 2.02. The van der Waals surface area contributed by atoms with Crippen LogP contribution in [0.15, 0.2) is 24.4 Å². The molecule has 0 N–H and O–H groups in total. The summed E-state index contributed by atoms with van der Waals surface area (Å²) in [7, 11) is 0. The molecule has 0 aliphatic heterocycles. The molecule has 0 atom stereocenters. The van der Waals surface area contributed by atoms with Gasteiger partial charge in [-0.05, 0) is 31.0 Å². The Kier molecular flexibility index (Phi) is 3.39. The lowest BCUT2D eigenvalue weighted by Gasteiger charge is -2.06. The number of halogens is 1. The highest BCUT2D eigenvalue weighted by Gasteiger charge is 2.05. The van der Waals surface area contributed by atoms with Crippen LogP contribution in [0.25, 0.3) is 5.69 Å². The predicted molar refractivity (Wildman–Crippen MR) is 68.3 cm³/mol. The molecule has 0 fully saturated rings. The maximum absolute atomic E-state index is 4.15. The Morgan fingerprint density at radius 2 is 2.12 bits per heavy atom. The summed E-state index contributed by atoms with van der Waals surface area (Å²) in [6.45, 7) is 4.21. The van der Waals surface area contributed by atoms with E-state index in [4.69, 9.17) is 0 Å². The molecule has 16 heavy (non-hydrogen) atoms. The highest BCUT2D eigenvalue weighted by molar-refractivity contribution is 9.09. The van der Waals surface area contributed by atoms with Gasteiger partial charge in [-0.25, -0.2) is 4.68 Å². The predicted octanol–water partition coefficient (Wildman–Crippen LogP) is 2.82. The molecule has 0 bridgehead atoms. The zero-order chi connectivity index (χ0) is 11.5. The van der Waals surface area contributed by atoms with Gasteiger partial charge in [-0.1, -0.05) is 33.3 Å². The van der Waals surface area contributed by atoms with E-state index in [0.29, 0.717) is 0 Å². The lowest BCUT2D eigenvalue weighted by molar-refractivity contribution is 0.793. The van der Waals surface area contributed by atoms with Crippen molar-refractivity contribution in [3.05, 3.63) is 41.2 Å². The lowest BCUT2D eigenvalue weighted by atomic mass is 10.1. The zero-order valence-electron chi connectivity index (χ0n) is 9.44. The number of alkyl halides is 1. The minimum absolute atomic E-state index is 0.908. The van der Waals surface area contributed by atoms with Crippen LogP contribution in [-0.4, -0.2) is 20.3 Å². The van der Waals surface area contributed by atoms with Crippen LogP contribution in [0.5, 0.6) is 0 Å². The molecule has 1 heterocycles. The monoisotopic (exact) mass is 279 g/mol. The maximum atomic E-state index is 4.15. The van der Waals surface area contributed by atoms with Crippen LogP contribution in [0.3, 0.4) is 0 Å². The van der Waals surface area contributed by atoms with Gasteiger partial charge in [0.2, 0.25) is 0 Å². The first kappa shape index (κ1) is 11.3. The van der Waals surface area contributed by atoms with Crippen molar-refractivity contribution in [1.82, 2.24) is 15.0 Å². The molecule has 0 spiro atoms. The molecule has 84 valence electrons. The molecule has 0 saturated carbocycles. The topological polar surface area (TPSA) is 30.7 Å². The Morgan fingerprint density at radius 1 is 1.31 bits per heavy atom. The molecule has 2 rings (SSSR count). The van der Waals surface area contributed by atoms with E-state index in [1.807, 2.05) is 16.9 Å². The van der Waals surface area contributed by atoms with Crippen molar-refractivity contribution in [1.29, 1.82) is 0 Å². The molecule has 0 radical (unpaired) electrons. The molecule has 2 aromatic rings. The molecule has 4 heteroatoms. The fraction of sp³-hybridized carbons (Fsp3) is 0.333. The average molecular weight is 280 g/mol. The highest BCUT2D eigenvalue weighted by atomic mass is 79.9. The first-order valence-corrected chi connectivity index (χ1v) is 6.38. The SMILES string of the molecule is Cc1cccc(-n2cc(CCBr)nn2)c1C. The molecule has 0 aliphatic carbocycles. The normalized spacial score (nSPS) is 10.7. The summed E-state index contributed by atoms with van der Waals surface area (Å²) < 4.78 is 1.85. The van der Waals surface area contributed by atoms with E-state index in [-0.39, 0.29) is 0 Å². The Labute approximate surface area is 104 Å². The number of aromatic nitrogens is 3. The Morgan fingerprint density at radius 3 is 2.88 bits per heavy atom. The summed E-state index contributed by atoms with van der Waals surface area (Å²) in [5, 5.41) is 9.20. The molecule has 1 aromatic heterocycles. The molecule has 0 amide bonds. The van der Waals surface area contributed by atoms with Crippen LogP contribution >= 0.6 is 15.9 Å². The number of hydrogen-bond acceptors (Lipinski definition) is 2. The third-order valence-corrected chi connectivity index (χ3v) is 3.11. The van der Waals surface area contributed by atoms with E-state index in [1.54, 1.807) is 0 Å². The number of hydrogen-bond donors (Lipinski definition) is 0. The molecule has 0 unspecified atom stereocenters. The van der Waals surface area contributed by atoms with Gasteiger partial charge in [0.05, 0.1) is 17.6 Å². The first-order chi connectivity index (χ1) is 7.72. The summed E-state index contributed by atoms with van der Waals surface area (Å²) in [5.41, 5.74) is 4.64. The van der Waals surface area contributed by atoms with E-state index in [2.05, 4.69) is 52.2 Å². The van der Waals surface area contributed by atoms with Gasteiger partial charge in [-0.15, -0.1) is 5.10 Å². The first-order valence-electron chi connectivity index (χ1n) is 5.26. The van der Waals surface area contributed by atoms with Crippen LogP contribution in [0, 0.1) is 13.8 Å². The van der Waals surface area contributed by atoms with Crippen LogP contribution < -0.4 is 0 Å². The van der Waals surface area contributed by atoms with Gasteiger partial charge in [0.25, 0.3) is 0 Å². The minimum atomic E-state index is 0.908. The van der Waals surface area contributed by atoms with Gasteiger partial charge >= 0.3 is 0 Å². The summed E-state index contributed by atoms with van der Waals surface area (Å²) in [5.74, 6) is 0. The molecule has 0 saturated heterocycles. The fourth-order valence-electron chi connectivity index (χ4n) is 1.61. The highest BCUT2D eigenvalue weighted by Crippen LogP contribution is 2.16. The van der Waals surface area contributed by atoms with Gasteiger partial charge in [0, 0.05) is 11.8 Å². The summed E-state index contributed by atoms with van der Waals surface area (Å²) in [4.78, 5) is 0. The quantitative estimate of drug-likeness (QED) is 0.809. The van der Waals surface area contributed by atoms with Gasteiger partial charge in [0.15, 0.2) is 0 Å². The van der Waals surface area contributed by atoms with Gasteiger partial charge in [-0.3, -0.25) is 0 Å². The van der Waals surface area contributed by atoms with E-state index >= 15 is 0 Å². The van der Waals surface area contributed by atoms with Gasteiger partial charge < -0.3 is 0 Å². The molecular weight excluding hydrogens is 266 g/mol. The molecule has 1 aromatic carbocycles. The summed E-state index contributed by atoms with van der Waals surface area (Å²) >= 11 is 3.40. The van der Waals surface area contributed by atoms with E-state index in [9.17, 15) is 0 Å².